The Morgan fingerprint density at radius 3 is 2.45 bits per heavy atom. The summed E-state index contributed by atoms with van der Waals surface area (Å²) < 4.78 is 1.38. The average Bonchev–Trinajstić information content (AvgIpc) is 2.28. The molecule has 1 aromatic rings. The van der Waals surface area contributed by atoms with Gasteiger partial charge in [0.05, 0.1) is 4.21 Å². The molecule has 0 bridgehead atoms. The number of rotatable bonds is 2. The Balaban J connectivity index is 3.26. The summed E-state index contributed by atoms with van der Waals surface area (Å²) in [6.45, 7) is 8.12. The van der Waals surface area contributed by atoms with Crippen LogP contribution in [0.25, 0.3) is 6.08 Å². The van der Waals surface area contributed by atoms with E-state index in [2.05, 4.69) is 26.7 Å². The Morgan fingerprint density at radius 1 is 1.45 bits per heavy atom. The minimum absolute atomic E-state index is 1.32. The van der Waals surface area contributed by atoms with E-state index in [1.54, 1.807) is 11.8 Å². The first-order valence-electron chi connectivity index (χ1n) is 3.47. The molecule has 0 aliphatic heterocycles. The summed E-state index contributed by atoms with van der Waals surface area (Å²) in [5.74, 6) is 0. The Kier molecular flexibility index (Phi) is 2.79. The molecule has 0 N–H and O–H groups in total. The topological polar surface area (TPSA) is 0 Å². The van der Waals surface area contributed by atoms with Crippen molar-refractivity contribution in [3.63, 3.8) is 0 Å². The molecular formula is C9H12S2. The fraction of sp³-hybridized carbons (Fsp3) is 0.333. The van der Waals surface area contributed by atoms with Gasteiger partial charge in [-0.3, -0.25) is 0 Å². The predicted molar refractivity (Wildman–Crippen MR) is 55.7 cm³/mol. The third kappa shape index (κ3) is 1.52. The van der Waals surface area contributed by atoms with Crippen LogP contribution in [0.2, 0.25) is 0 Å². The van der Waals surface area contributed by atoms with Crippen LogP contribution in [0.1, 0.15) is 16.0 Å². The third-order valence-electron chi connectivity index (χ3n) is 1.79. The van der Waals surface area contributed by atoms with Gasteiger partial charge < -0.3 is 0 Å². The van der Waals surface area contributed by atoms with Gasteiger partial charge in [-0.1, -0.05) is 12.7 Å². The highest BCUT2D eigenvalue weighted by atomic mass is 32.2. The zero-order valence-corrected chi connectivity index (χ0v) is 8.73. The van der Waals surface area contributed by atoms with Crippen LogP contribution in [-0.4, -0.2) is 6.26 Å². The average molecular weight is 184 g/mol. The van der Waals surface area contributed by atoms with Crippen LogP contribution in [-0.2, 0) is 0 Å². The Hall–Kier alpha value is -0.210. The van der Waals surface area contributed by atoms with Gasteiger partial charge in [-0.25, -0.2) is 0 Å². The van der Waals surface area contributed by atoms with Crippen LogP contribution in [0, 0.1) is 13.8 Å². The van der Waals surface area contributed by atoms with Crippen molar-refractivity contribution in [1.29, 1.82) is 0 Å². The third-order valence-corrected chi connectivity index (χ3v) is 4.15. The van der Waals surface area contributed by atoms with Gasteiger partial charge in [0.15, 0.2) is 0 Å². The zero-order chi connectivity index (χ0) is 8.43. The molecule has 0 saturated heterocycles. The molecule has 1 aromatic heterocycles. The Morgan fingerprint density at radius 2 is 2.09 bits per heavy atom. The van der Waals surface area contributed by atoms with Gasteiger partial charge in [0.1, 0.15) is 0 Å². The standard InChI is InChI=1S/C9H12S2/c1-5-8-6(2)7(3)11-9(8)10-4/h5H,1H2,2-4H3. The largest absolute Gasteiger partial charge is 0.133 e. The van der Waals surface area contributed by atoms with E-state index >= 15 is 0 Å². The maximum atomic E-state index is 3.81. The van der Waals surface area contributed by atoms with E-state index in [1.807, 2.05) is 17.4 Å². The van der Waals surface area contributed by atoms with E-state index in [9.17, 15) is 0 Å². The molecular weight excluding hydrogens is 172 g/mol. The second-order valence-electron chi connectivity index (χ2n) is 2.39. The van der Waals surface area contributed by atoms with Crippen LogP contribution in [0.3, 0.4) is 0 Å². The molecule has 0 atom stereocenters. The van der Waals surface area contributed by atoms with Gasteiger partial charge in [-0.05, 0) is 25.7 Å². The molecule has 0 unspecified atom stereocenters. The van der Waals surface area contributed by atoms with Crippen LogP contribution >= 0.6 is 23.1 Å². The lowest BCUT2D eigenvalue weighted by atomic mass is 10.2. The molecule has 0 saturated carbocycles. The minimum Gasteiger partial charge on any atom is -0.133 e. The highest BCUT2D eigenvalue weighted by Crippen LogP contribution is 2.34. The monoisotopic (exact) mass is 184 g/mol. The molecule has 1 rings (SSSR count). The van der Waals surface area contributed by atoms with Gasteiger partial charge in [0.2, 0.25) is 0 Å². The van der Waals surface area contributed by atoms with Crippen molar-refractivity contribution in [3.8, 4) is 0 Å². The first-order chi connectivity index (χ1) is 5.20. The van der Waals surface area contributed by atoms with Crippen LogP contribution in [0.15, 0.2) is 10.8 Å². The summed E-state index contributed by atoms with van der Waals surface area (Å²) in [5.41, 5.74) is 2.70. The van der Waals surface area contributed by atoms with Crippen molar-refractivity contribution in [2.24, 2.45) is 0 Å². The number of thiophene rings is 1. The van der Waals surface area contributed by atoms with Crippen molar-refractivity contribution in [3.05, 3.63) is 22.6 Å². The van der Waals surface area contributed by atoms with Gasteiger partial charge in [0.25, 0.3) is 0 Å². The number of aryl methyl sites for hydroxylation is 1. The summed E-state index contributed by atoms with van der Waals surface area (Å²) in [5, 5.41) is 0. The first kappa shape index (κ1) is 8.88. The van der Waals surface area contributed by atoms with Crippen molar-refractivity contribution in [2.45, 2.75) is 18.1 Å². The summed E-state index contributed by atoms with van der Waals surface area (Å²) in [6.07, 6.45) is 4.06. The van der Waals surface area contributed by atoms with E-state index in [0.717, 1.165) is 0 Å². The number of hydrogen-bond acceptors (Lipinski definition) is 2. The fourth-order valence-electron chi connectivity index (χ4n) is 1.00. The van der Waals surface area contributed by atoms with E-state index in [-0.39, 0.29) is 0 Å². The van der Waals surface area contributed by atoms with Crippen molar-refractivity contribution in [2.75, 3.05) is 6.26 Å². The maximum absolute atomic E-state index is 3.81. The lowest BCUT2D eigenvalue weighted by molar-refractivity contribution is 1.40. The van der Waals surface area contributed by atoms with Crippen LogP contribution in [0.5, 0.6) is 0 Å². The summed E-state index contributed by atoms with van der Waals surface area (Å²) in [4.78, 5) is 1.41. The van der Waals surface area contributed by atoms with Crippen LogP contribution < -0.4 is 0 Å². The molecule has 60 valence electrons. The molecule has 0 aliphatic rings. The van der Waals surface area contributed by atoms with Gasteiger partial charge in [-0.15, -0.1) is 23.1 Å². The molecule has 0 amide bonds. The fourth-order valence-corrected chi connectivity index (χ4v) is 3.05. The highest BCUT2D eigenvalue weighted by molar-refractivity contribution is 8.00. The molecule has 0 radical (unpaired) electrons. The molecule has 0 spiro atoms. The second kappa shape index (κ2) is 3.46. The minimum atomic E-state index is 1.32. The normalized spacial score (nSPS) is 10.1. The van der Waals surface area contributed by atoms with E-state index in [1.165, 1.54) is 20.2 Å². The highest BCUT2D eigenvalue weighted by Gasteiger charge is 2.07. The van der Waals surface area contributed by atoms with Gasteiger partial charge in [0, 0.05) is 10.4 Å². The van der Waals surface area contributed by atoms with Crippen molar-refractivity contribution < 1.29 is 0 Å². The summed E-state index contributed by atoms with van der Waals surface area (Å²) in [6, 6.07) is 0. The second-order valence-corrected chi connectivity index (χ2v) is 4.69. The molecule has 0 nitrogen and oxygen atoms in total. The van der Waals surface area contributed by atoms with Crippen molar-refractivity contribution >= 4 is 29.2 Å². The molecule has 0 aromatic carbocycles. The number of thioether (sulfide) groups is 1. The predicted octanol–water partition coefficient (Wildman–Crippen LogP) is 3.73. The van der Waals surface area contributed by atoms with E-state index < -0.39 is 0 Å². The molecule has 1 heterocycles. The maximum Gasteiger partial charge on any atom is 0.0673 e. The smallest absolute Gasteiger partial charge is 0.0673 e. The Labute approximate surface area is 76.3 Å². The van der Waals surface area contributed by atoms with Gasteiger partial charge in [-0.2, -0.15) is 0 Å². The Bertz CT molecular complexity index is 271. The quantitative estimate of drug-likeness (QED) is 0.631. The lowest BCUT2D eigenvalue weighted by Crippen LogP contribution is -1.74. The van der Waals surface area contributed by atoms with E-state index in [4.69, 9.17) is 0 Å². The van der Waals surface area contributed by atoms with Crippen molar-refractivity contribution in [1.82, 2.24) is 0 Å². The lowest BCUT2D eigenvalue weighted by Gasteiger charge is -1.93. The molecule has 0 fully saturated rings. The van der Waals surface area contributed by atoms with Gasteiger partial charge >= 0.3 is 0 Å². The van der Waals surface area contributed by atoms with Crippen LogP contribution in [0.4, 0.5) is 0 Å². The summed E-state index contributed by atoms with van der Waals surface area (Å²) >= 11 is 3.66. The zero-order valence-electron chi connectivity index (χ0n) is 7.10. The van der Waals surface area contributed by atoms with E-state index in [0.29, 0.717) is 0 Å². The number of hydrogen-bond donors (Lipinski definition) is 0. The first-order valence-corrected chi connectivity index (χ1v) is 5.51. The summed E-state index contributed by atoms with van der Waals surface area (Å²) in [7, 11) is 0. The SMILES string of the molecule is C=Cc1c(SC)sc(C)c1C. The molecule has 0 aliphatic carbocycles. The molecule has 11 heavy (non-hydrogen) atoms. The molecule has 2 heteroatoms.